The van der Waals surface area contributed by atoms with Crippen LogP contribution in [-0.2, 0) is 10.2 Å². The molecule has 0 amide bonds. The summed E-state index contributed by atoms with van der Waals surface area (Å²) in [7, 11) is 0. The van der Waals surface area contributed by atoms with Crippen LogP contribution in [0.5, 0.6) is 5.75 Å². The summed E-state index contributed by atoms with van der Waals surface area (Å²) in [6, 6.07) is 4.23. The third kappa shape index (κ3) is 4.06. The minimum absolute atomic E-state index is 0.161. The van der Waals surface area contributed by atoms with Crippen LogP contribution >= 0.6 is 0 Å². The van der Waals surface area contributed by atoms with E-state index >= 15 is 0 Å². The fraction of sp³-hybridized carbons (Fsp3) is 0.462. The van der Waals surface area contributed by atoms with Crippen LogP contribution in [0.25, 0.3) is 0 Å². The second kappa shape index (κ2) is 5.17. The maximum absolute atomic E-state index is 13.4. The normalized spacial score (nSPS) is 11.1. The lowest BCUT2D eigenvalue weighted by molar-refractivity contribution is 0.104. The van der Waals surface area contributed by atoms with Gasteiger partial charge in [-0.25, -0.2) is 9.18 Å². The molecule has 0 atom stereocenters. The van der Waals surface area contributed by atoms with Gasteiger partial charge >= 0.3 is 6.16 Å². The molecule has 0 N–H and O–H groups in total. The number of rotatable bonds is 2. The number of hydrogen-bond acceptors (Lipinski definition) is 3. The molecule has 0 radical (unpaired) electrons. The minimum atomic E-state index is -0.821. The molecule has 3 nitrogen and oxygen atoms in total. The quantitative estimate of drug-likeness (QED) is 0.584. The van der Waals surface area contributed by atoms with Crippen LogP contribution in [-0.4, -0.2) is 12.8 Å². The molecule has 0 aliphatic rings. The van der Waals surface area contributed by atoms with Gasteiger partial charge in [-0.3, -0.25) is 0 Å². The molecule has 0 saturated heterocycles. The fourth-order valence-electron chi connectivity index (χ4n) is 1.30. The lowest BCUT2D eigenvalue weighted by Gasteiger charge is -2.19. The molecule has 0 unspecified atom stereocenters. The summed E-state index contributed by atoms with van der Waals surface area (Å²) in [6.45, 7) is 7.76. The van der Waals surface area contributed by atoms with Crippen LogP contribution in [0.1, 0.15) is 33.3 Å². The van der Waals surface area contributed by atoms with Gasteiger partial charge in [0.2, 0.25) is 0 Å². The van der Waals surface area contributed by atoms with Gasteiger partial charge in [0.05, 0.1) is 6.61 Å². The van der Waals surface area contributed by atoms with Crippen molar-refractivity contribution in [3.05, 3.63) is 29.6 Å². The smallest absolute Gasteiger partial charge is 0.434 e. The number of benzene rings is 1. The van der Waals surface area contributed by atoms with E-state index in [9.17, 15) is 9.18 Å². The van der Waals surface area contributed by atoms with E-state index in [1.54, 1.807) is 13.0 Å². The summed E-state index contributed by atoms with van der Waals surface area (Å²) in [6.07, 6.45) is -0.821. The number of carbonyl (C=O) groups excluding carboxylic acids is 1. The predicted octanol–water partition coefficient (Wildman–Crippen LogP) is 3.66. The number of carbonyl (C=O) groups is 1. The van der Waals surface area contributed by atoms with Crippen LogP contribution in [0.3, 0.4) is 0 Å². The van der Waals surface area contributed by atoms with Crippen molar-refractivity contribution in [1.29, 1.82) is 0 Å². The molecule has 1 rings (SSSR count). The lowest BCUT2D eigenvalue weighted by Crippen LogP contribution is -2.14. The first-order chi connectivity index (χ1) is 7.82. The van der Waals surface area contributed by atoms with E-state index in [0.717, 1.165) is 11.6 Å². The molecule has 0 fully saturated rings. The Labute approximate surface area is 101 Å². The summed E-state index contributed by atoms with van der Waals surface area (Å²) in [5.41, 5.74) is 0.548. The molecule has 0 aromatic heterocycles. The van der Waals surface area contributed by atoms with E-state index in [-0.39, 0.29) is 17.8 Å². The molecule has 0 bridgehead atoms. The van der Waals surface area contributed by atoms with Crippen molar-refractivity contribution in [2.24, 2.45) is 0 Å². The average Bonchev–Trinajstić information content (AvgIpc) is 2.15. The third-order valence-corrected chi connectivity index (χ3v) is 2.20. The van der Waals surface area contributed by atoms with Crippen molar-refractivity contribution in [3.8, 4) is 5.75 Å². The Morgan fingerprint density at radius 1 is 1.29 bits per heavy atom. The highest BCUT2D eigenvalue weighted by Gasteiger charge is 2.17. The summed E-state index contributed by atoms with van der Waals surface area (Å²) in [4.78, 5) is 11.1. The zero-order chi connectivity index (χ0) is 13.1. The van der Waals surface area contributed by atoms with Gasteiger partial charge in [0.25, 0.3) is 0 Å². The van der Waals surface area contributed by atoms with Gasteiger partial charge in [0, 0.05) is 6.07 Å². The maximum atomic E-state index is 13.4. The first-order valence-corrected chi connectivity index (χ1v) is 5.48. The van der Waals surface area contributed by atoms with Crippen LogP contribution < -0.4 is 4.74 Å². The van der Waals surface area contributed by atoms with Gasteiger partial charge < -0.3 is 9.47 Å². The van der Waals surface area contributed by atoms with Crippen molar-refractivity contribution in [2.45, 2.75) is 33.1 Å². The average molecular weight is 240 g/mol. The molecule has 17 heavy (non-hydrogen) atoms. The Bertz CT molecular complexity index is 408. The summed E-state index contributed by atoms with van der Waals surface area (Å²) >= 11 is 0. The summed E-state index contributed by atoms with van der Waals surface area (Å²) in [5.74, 6) is -0.273. The Morgan fingerprint density at radius 2 is 1.94 bits per heavy atom. The Balaban J connectivity index is 2.94. The van der Waals surface area contributed by atoms with Crippen LogP contribution in [0.2, 0.25) is 0 Å². The van der Waals surface area contributed by atoms with Gasteiger partial charge in [-0.1, -0.05) is 20.8 Å². The van der Waals surface area contributed by atoms with E-state index in [1.165, 1.54) is 6.07 Å². The Hall–Kier alpha value is -1.58. The van der Waals surface area contributed by atoms with Crippen molar-refractivity contribution in [2.75, 3.05) is 6.61 Å². The molecule has 1 aromatic carbocycles. The summed E-state index contributed by atoms with van der Waals surface area (Å²) < 4.78 is 22.9. The predicted molar refractivity (Wildman–Crippen MR) is 62.8 cm³/mol. The van der Waals surface area contributed by atoms with E-state index in [1.807, 2.05) is 20.8 Å². The Kier molecular flexibility index (Phi) is 4.10. The van der Waals surface area contributed by atoms with E-state index in [4.69, 9.17) is 4.74 Å². The Morgan fingerprint density at radius 3 is 2.47 bits per heavy atom. The highest BCUT2D eigenvalue weighted by Crippen LogP contribution is 2.27. The zero-order valence-electron chi connectivity index (χ0n) is 10.5. The molecule has 94 valence electrons. The molecular formula is C13H17FO3. The molecule has 0 spiro atoms. The van der Waals surface area contributed by atoms with Gasteiger partial charge in [-0.2, -0.15) is 0 Å². The van der Waals surface area contributed by atoms with Crippen LogP contribution in [0.4, 0.5) is 9.18 Å². The second-order valence-corrected chi connectivity index (χ2v) is 4.71. The van der Waals surface area contributed by atoms with E-state index in [0.29, 0.717) is 0 Å². The summed E-state index contributed by atoms with van der Waals surface area (Å²) in [5, 5.41) is 0. The van der Waals surface area contributed by atoms with Crippen molar-refractivity contribution in [3.63, 3.8) is 0 Å². The molecule has 0 aliphatic carbocycles. The lowest BCUT2D eigenvalue weighted by atomic mass is 9.87. The van der Waals surface area contributed by atoms with Gasteiger partial charge in [0.15, 0.2) is 0 Å². The highest BCUT2D eigenvalue weighted by atomic mass is 19.1. The number of halogens is 1. The second-order valence-electron chi connectivity index (χ2n) is 4.71. The molecule has 4 heteroatoms. The molecule has 0 saturated carbocycles. The van der Waals surface area contributed by atoms with Crippen molar-refractivity contribution < 1.29 is 18.7 Å². The highest BCUT2D eigenvalue weighted by molar-refractivity contribution is 5.63. The molecule has 0 aliphatic heterocycles. The molecule has 0 heterocycles. The monoisotopic (exact) mass is 240 g/mol. The van der Waals surface area contributed by atoms with Gasteiger partial charge in [0.1, 0.15) is 11.6 Å². The van der Waals surface area contributed by atoms with Gasteiger partial charge in [-0.15, -0.1) is 0 Å². The van der Waals surface area contributed by atoms with E-state index in [2.05, 4.69) is 4.74 Å². The van der Waals surface area contributed by atoms with Crippen LogP contribution in [0.15, 0.2) is 18.2 Å². The van der Waals surface area contributed by atoms with Crippen molar-refractivity contribution >= 4 is 6.16 Å². The zero-order valence-corrected chi connectivity index (χ0v) is 10.5. The molecular weight excluding hydrogens is 223 g/mol. The van der Waals surface area contributed by atoms with Crippen molar-refractivity contribution in [1.82, 2.24) is 0 Å². The largest absolute Gasteiger partial charge is 0.513 e. The first kappa shape index (κ1) is 13.5. The van der Waals surface area contributed by atoms with E-state index < -0.39 is 12.0 Å². The van der Waals surface area contributed by atoms with Gasteiger partial charge in [-0.05, 0) is 30.0 Å². The SMILES string of the molecule is CCOC(=O)Oc1cc(F)cc(C(C)(C)C)c1. The standard InChI is InChI=1S/C13H17FO3/c1-5-16-12(15)17-11-7-9(13(2,3)4)6-10(14)8-11/h6-8H,5H2,1-4H3. The molecule has 1 aromatic rings. The first-order valence-electron chi connectivity index (χ1n) is 5.48. The maximum Gasteiger partial charge on any atom is 0.513 e. The van der Waals surface area contributed by atoms with Crippen LogP contribution in [0, 0.1) is 5.82 Å². The third-order valence-electron chi connectivity index (χ3n) is 2.20. The number of ether oxygens (including phenoxy) is 2. The topological polar surface area (TPSA) is 35.5 Å². The number of hydrogen-bond donors (Lipinski definition) is 0. The fourth-order valence-corrected chi connectivity index (χ4v) is 1.30. The minimum Gasteiger partial charge on any atom is -0.434 e.